The molecule has 0 spiro atoms. The molecule has 116 valence electrons. The molecule has 1 amide bonds. The maximum Gasteiger partial charge on any atom is 0.370 e. The molecule has 1 fully saturated rings. The van der Waals surface area contributed by atoms with E-state index in [4.69, 9.17) is 4.52 Å². The minimum absolute atomic E-state index is 0.149. The van der Waals surface area contributed by atoms with Crippen molar-refractivity contribution in [2.75, 3.05) is 13.1 Å². The highest BCUT2D eigenvalue weighted by Crippen LogP contribution is 2.23. The molecule has 2 heterocycles. The van der Waals surface area contributed by atoms with Crippen molar-refractivity contribution in [2.45, 2.75) is 25.7 Å². The first-order chi connectivity index (χ1) is 10.7. The molecule has 1 aromatic carbocycles. The van der Waals surface area contributed by atoms with Gasteiger partial charge in [0.2, 0.25) is 0 Å². The van der Waals surface area contributed by atoms with E-state index >= 15 is 0 Å². The van der Waals surface area contributed by atoms with Crippen LogP contribution in [0.25, 0.3) is 11.3 Å². The lowest BCUT2D eigenvalue weighted by atomic mass is 10.1. The summed E-state index contributed by atoms with van der Waals surface area (Å²) in [5.74, 6) is -0.213. The largest absolute Gasteiger partial charge is 0.370 e. The summed E-state index contributed by atoms with van der Waals surface area (Å²) >= 11 is 0. The third-order valence-electron chi connectivity index (χ3n) is 4.13. The molecule has 0 unspecified atom stereocenters. The van der Waals surface area contributed by atoms with Crippen LogP contribution in [0, 0.1) is 0 Å². The van der Waals surface area contributed by atoms with Crippen molar-refractivity contribution >= 4 is 5.91 Å². The molecule has 0 saturated carbocycles. The molecule has 2 aromatic rings. The monoisotopic (exact) mass is 300 g/mol. The number of hydrogen-bond donors (Lipinski definition) is 0. The van der Waals surface area contributed by atoms with Crippen LogP contribution >= 0.6 is 0 Å². The summed E-state index contributed by atoms with van der Waals surface area (Å²) in [5, 5.41) is 0. The number of nitrogens with zero attached hydrogens (tertiary/aromatic N) is 2. The van der Waals surface area contributed by atoms with Crippen LogP contribution in [0.15, 0.2) is 39.6 Å². The van der Waals surface area contributed by atoms with Gasteiger partial charge in [0.25, 0.3) is 5.91 Å². The second-order valence-electron chi connectivity index (χ2n) is 5.67. The van der Waals surface area contributed by atoms with E-state index in [1.54, 1.807) is 11.9 Å². The molecule has 5 nitrogen and oxygen atoms in total. The number of benzene rings is 1. The first kappa shape index (κ1) is 14.6. The molecule has 1 aromatic heterocycles. The topological polar surface area (TPSA) is 55.5 Å². The maximum atomic E-state index is 12.8. The molecule has 1 saturated heterocycles. The van der Waals surface area contributed by atoms with E-state index in [9.17, 15) is 9.59 Å². The fourth-order valence-electron chi connectivity index (χ4n) is 3.01. The zero-order chi connectivity index (χ0) is 15.5. The van der Waals surface area contributed by atoms with Gasteiger partial charge in [0, 0.05) is 25.7 Å². The van der Waals surface area contributed by atoms with Crippen molar-refractivity contribution in [3.05, 3.63) is 46.3 Å². The lowest BCUT2D eigenvalue weighted by molar-refractivity contribution is 0.0759. The van der Waals surface area contributed by atoms with Gasteiger partial charge < -0.3 is 9.42 Å². The highest BCUT2D eigenvalue weighted by molar-refractivity contribution is 5.99. The number of hydrogen-bond acceptors (Lipinski definition) is 3. The Bertz CT molecular complexity index is 707. The van der Waals surface area contributed by atoms with Crippen LogP contribution in [-0.2, 0) is 7.05 Å². The van der Waals surface area contributed by atoms with Gasteiger partial charge in [-0.05, 0) is 12.8 Å². The lowest BCUT2D eigenvalue weighted by Crippen LogP contribution is -2.34. The Morgan fingerprint density at radius 2 is 1.68 bits per heavy atom. The maximum absolute atomic E-state index is 12.8. The molecule has 0 radical (unpaired) electrons. The molecule has 1 aliphatic heterocycles. The van der Waals surface area contributed by atoms with Gasteiger partial charge in [0.05, 0.1) is 0 Å². The summed E-state index contributed by atoms with van der Waals surface area (Å²) in [4.78, 5) is 26.8. The number of likely N-dealkylation sites (tertiary alicyclic amines) is 1. The van der Waals surface area contributed by atoms with Gasteiger partial charge in [0.1, 0.15) is 5.69 Å². The van der Waals surface area contributed by atoms with E-state index in [2.05, 4.69) is 0 Å². The molecule has 0 N–H and O–H groups in total. The summed E-state index contributed by atoms with van der Waals surface area (Å²) in [6.07, 6.45) is 4.26. The highest BCUT2D eigenvalue weighted by atomic mass is 16.5. The Labute approximate surface area is 129 Å². The first-order valence-electron chi connectivity index (χ1n) is 7.73. The predicted octanol–water partition coefficient (Wildman–Crippen LogP) is 2.66. The van der Waals surface area contributed by atoms with Crippen molar-refractivity contribution in [3.63, 3.8) is 0 Å². The van der Waals surface area contributed by atoms with Gasteiger partial charge >= 0.3 is 5.63 Å². The van der Waals surface area contributed by atoms with Gasteiger partial charge in [-0.3, -0.25) is 4.79 Å². The fourth-order valence-corrected chi connectivity index (χ4v) is 3.01. The standard InChI is InChI=1S/C17H20N2O3/c1-18-15(13-9-5-4-6-10-13)14(17(21)22-18)16(20)19-11-7-2-3-8-12-19/h4-6,9-10H,2-3,7-8,11-12H2,1H3. The quantitative estimate of drug-likeness (QED) is 0.857. The third kappa shape index (κ3) is 2.71. The number of carbonyl (C=O) groups is 1. The second kappa shape index (κ2) is 6.22. The molecule has 3 rings (SSSR count). The lowest BCUT2D eigenvalue weighted by Gasteiger charge is -2.19. The summed E-state index contributed by atoms with van der Waals surface area (Å²) in [5.41, 5.74) is 0.958. The van der Waals surface area contributed by atoms with E-state index < -0.39 is 5.63 Å². The minimum atomic E-state index is -0.560. The van der Waals surface area contributed by atoms with Gasteiger partial charge in [0.15, 0.2) is 5.56 Å². The SMILES string of the molecule is Cn1oc(=O)c(C(=O)N2CCCCCC2)c1-c1ccccc1. The zero-order valence-electron chi connectivity index (χ0n) is 12.7. The van der Waals surface area contributed by atoms with E-state index in [0.29, 0.717) is 18.8 Å². The van der Waals surface area contributed by atoms with Gasteiger partial charge in [-0.1, -0.05) is 43.2 Å². The number of amides is 1. The number of rotatable bonds is 2. The molecular weight excluding hydrogens is 280 g/mol. The van der Waals surface area contributed by atoms with Crippen LogP contribution in [-0.4, -0.2) is 28.6 Å². The average molecular weight is 300 g/mol. The van der Waals surface area contributed by atoms with Gasteiger partial charge in [-0.2, -0.15) is 0 Å². The molecular formula is C17H20N2O3. The van der Waals surface area contributed by atoms with Crippen molar-refractivity contribution in [3.8, 4) is 11.3 Å². The van der Waals surface area contributed by atoms with Crippen LogP contribution < -0.4 is 5.63 Å². The first-order valence-corrected chi connectivity index (χ1v) is 7.73. The Hall–Kier alpha value is -2.30. The highest BCUT2D eigenvalue weighted by Gasteiger charge is 2.28. The molecule has 0 bridgehead atoms. The molecule has 0 atom stereocenters. The van der Waals surface area contributed by atoms with Crippen molar-refractivity contribution in [2.24, 2.45) is 7.05 Å². The van der Waals surface area contributed by atoms with Crippen molar-refractivity contribution in [1.82, 2.24) is 9.64 Å². The Kier molecular flexibility index (Phi) is 4.13. The Morgan fingerprint density at radius 3 is 2.32 bits per heavy atom. The third-order valence-corrected chi connectivity index (χ3v) is 4.13. The number of aryl methyl sites for hydroxylation is 1. The number of carbonyl (C=O) groups excluding carboxylic acids is 1. The summed E-state index contributed by atoms with van der Waals surface area (Å²) < 4.78 is 6.55. The van der Waals surface area contributed by atoms with Crippen molar-refractivity contribution < 1.29 is 9.32 Å². The van der Waals surface area contributed by atoms with Gasteiger partial charge in [-0.25, -0.2) is 9.53 Å². The Balaban J connectivity index is 2.03. The van der Waals surface area contributed by atoms with Crippen LogP contribution in [0.2, 0.25) is 0 Å². The summed E-state index contributed by atoms with van der Waals surface area (Å²) in [6, 6.07) is 9.42. The summed E-state index contributed by atoms with van der Waals surface area (Å²) in [6.45, 7) is 1.42. The molecule has 1 aliphatic rings. The predicted molar refractivity (Wildman–Crippen MR) is 83.8 cm³/mol. The molecule has 22 heavy (non-hydrogen) atoms. The van der Waals surface area contributed by atoms with E-state index in [1.807, 2.05) is 30.3 Å². The molecule has 0 aliphatic carbocycles. The van der Waals surface area contributed by atoms with Crippen LogP contribution in [0.5, 0.6) is 0 Å². The average Bonchev–Trinajstić information content (AvgIpc) is 2.72. The van der Waals surface area contributed by atoms with E-state index in [0.717, 1.165) is 31.2 Å². The summed E-state index contributed by atoms with van der Waals surface area (Å²) in [7, 11) is 1.66. The normalized spacial score (nSPS) is 15.6. The smallest absolute Gasteiger partial charge is 0.338 e. The Morgan fingerprint density at radius 1 is 1.05 bits per heavy atom. The zero-order valence-corrected chi connectivity index (χ0v) is 12.7. The van der Waals surface area contributed by atoms with Crippen LogP contribution in [0.1, 0.15) is 36.0 Å². The van der Waals surface area contributed by atoms with E-state index in [1.165, 1.54) is 4.74 Å². The minimum Gasteiger partial charge on any atom is -0.338 e. The number of aromatic nitrogens is 1. The van der Waals surface area contributed by atoms with Crippen LogP contribution in [0.3, 0.4) is 0 Å². The van der Waals surface area contributed by atoms with Crippen molar-refractivity contribution in [1.29, 1.82) is 0 Å². The van der Waals surface area contributed by atoms with Crippen LogP contribution in [0.4, 0.5) is 0 Å². The van der Waals surface area contributed by atoms with Gasteiger partial charge in [-0.15, -0.1) is 0 Å². The fraction of sp³-hybridized carbons (Fsp3) is 0.412. The second-order valence-corrected chi connectivity index (χ2v) is 5.67. The molecule has 5 heteroatoms. The van der Waals surface area contributed by atoms with E-state index in [-0.39, 0.29) is 11.5 Å².